The van der Waals surface area contributed by atoms with Gasteiger partial charge in [-0.3, -0.25) is 4.79 Å². The van der Waals surface area contributed by atoms with Gasteiger partial charge in [-0.1, -0.05) is 12.8 Å². The molecule has 0 saturated heterocycles. The Morgan fingerprint density at radius 2 is 2.06 bits per heavy atom. The van der Waals surface area contributed by atoms with Crippen LogP contribution in [0.5, 0.6) is 5.75 Å². The largest absolute Gasteiger partial charge is 0.496 e. The highest BCUT2D eigenvalue weighted by Gasteiger charge is 2.34. The minimum Gasteiger partial charge on any atom is -0.496 e. The highest BCUT2D eigenvalue weighted by molar-refractivity contribution is 5.88. The molecule has 0 aliphatic heterocycles. The standard InChI is InChI=1S/C14H20N2O2/c1-10(17)16-11-5-6-13(18-2)12(9-11)14(15)7-3-4-8-14/h5-6,9H,3-4,7-8,15H2,1-2H3,(H,16,17). The molecule has 1 fully saturated rings. The van der Waals surface area contributed by atoms with Gasteiger partial charge in [0.15, 0.2) is 0 Å². The van der Waals surface area contributed by atoms with Gasteiger partial charge in [-0.2, -0.15) is 0 Å². The number of amides is 1. The van der Waals surface area contributed by atoms with Gasteiger partial charge in [-0.05, 0) is 31.0 Å². The molecular weight excluding hydrogens is 228 g/mol. The molecule has 0 heterocycles. The van der Waals surface area contributed by atoms with Crippen LogP contribution in [0.1, 0.15) is 38.2 Å². The second-order valence-corrected chi connectivity index (χ2v) is 4.96. The van der Waals surface area contributed by atoms with Gasteiger partial charge in [-0.15, -0.1) is 0 Å². The quantitative estimate of drug-likeness (QED) is 0.863. The summed E-state index contributed by atoms with van der Waals surface area (Å²) in [6.45, 7) is 1.50. The molecule has 0 atom stereocenters. The SMILES string of the molecule is COc1ccc(NC(C)=O)cc1C1(N)CCCC1. The van der Waals surface area contributed by atoms with Crippen LogP contribution in [-0.2, 0) is 10.3 Å². The van der Waals surface area contributed by atoms with Crippen LogP contribution in [0.15, 0.2) is 18.2 Å². The van der Waals surface area contributed by atoms with Crippen molar-refractivity contribution < 1.29 is 9.53 Å². The van der Waals surface area contributed by atoms with Crippen LogP contribution in [0.4, 0.5) is 5.69 Å². The summed E-state index contributed by atoms with van der Waals surface area (Å²) in [6.07, 6.45) is 4.22. The molecule has 0 spiro atoms. The molecule has 1 aromatic rings. The van der Waals surface area contributed by atoms with E-state index >= 15 is 0 Å². The highest BCUT2D eigenvalue weighted by atomic mass is 16.5. The van der Waals surface area contributed by atoms with Gasteiger partial charge in [0.2, 0.25) is 5.91 Å². The second-order valence-electron chi connectivity index (χ2n) is 4.96. The number of hydrogen-bond donors (Lipinski definition) is 2. The monoisotopic (exact) mass is 248 g/mol. The van der Waals surface area contributed by atoms with Crippen molar-refractivity contribution in [3.05, 3.63) is 23.8 Å². The number of rotatable bonds is 3. The lowest BCUT2D eigenvalue weighted by molar-refractivity contribution is -0.114. The van der Waals surface area contributed by atoms with Crippen LogP contribution >= 0.6 is 0 Å². The molecule has 1 amide bonds. The van der Waals surface area contributed by atoms with Crippen molar-refractivity contribution >= 4 is 11.6 Å². The first kappa shape index (κ1) is 12.9. The first-order chi connectivity index (χ1) is 8.55. The van der Waals surface area contributed by atoms with E-state index in [4.69, 9.17) is 10.5 Å². The zero-order chi connectivity index (χ0) is 13.2. The molecular formula is C14H20N2O2. The van der Waals surface area contributed by atoms with E-state index in [1.807, 2.05) is 18.2 Å². The van der Waals surface area contributed by atoms with Crippen molar-refractivity contribution in [3.63, 3.8) is 0 Å². The Kier molecular flexibility index (Phi) is 3.57. The zero-order valence-electron chi connectivity index (χ0n) is 11.0. The van der Waals surface area contributed by atoms with E-state index in [1.54, 1.807) is 7.11 Å². The number of ether oxygens (including phenoxy) is 1. The molecule has 1 saturated carbocycles. The van der Waals surface area contributed by atoms with Crippen molar-refractivity contribution in [3.8, 4) is 5.75 Å². The fourth-order valence-corrected chi connectivity index (χ4v) is 2.65. The predicted octanol–water partition coefficient (Wildman–Crippen LogP) is 2.38. The van der Waals surface area contributed by atoms with Gasteiger partial charge in [-0.25, -0.2) is 0 Å². The number of nitrogens with two attached hydrogens (primary N) is 1. The van der Waals surface area contributed by atoms with E-state index < -0.39 is 0 Å². The summed E-state index contributed by atoms with van der Waals surface area (Å²) in [5.41, 5.74) is 7.91. The fraction of sp³-hybridized carbons (Fsp3) is 0.500. The van der Waals surface area contributed by atoms with Gasteiger partial charge in [0, 0.05) is 23.7 Å². The van der Waals surface area contributed by atoms with E-state index in [1.165, 1.54) is 6.92 Å². The molecule has 0 bridgehead atoms. The van der Waals surface area contributed by atoms with Gasteiger partial charge in [0.25, 0.3) is 0 Å². The first-order valence-corrected chi connectivity index (χ1v) is 6.30. The maximum atomic E-state index is 11.1. The molecule has 1 aliphatic rings. The number of nitrogens with one attached hydrogen (secondary N) is 1. The fourth-order valence-electron chi connectivity index (χ4n) is 2.65. The smallest absolute Gasteiger partial charge is 0.221 e. The normalized spacial score (nSPS) is 17.5. The van der Waals surface area contributed by atoms with Crippen LogP contribution in [0.2, 0.25) is 0 Å². The third-order valence-electron chi connectivity index (χ3n) is 3.55. The molecule has 1 aromatic carbocycles. The summed E-state index contributed by atoms with van der Waals surface area (Å²) >= 11 is 0. The molecule has 18 heavy (non-hydrogen) atoms. The molecule has 0 radical (unpaired) electrons. The average molecular weight is 248 g/mol. The van der Waals surface area contributed by atoms with Gasteiger partial charge in [0.05, 0.1) is 7.11 Å². The van der Waals surface area contributed by atoms with E-state index in [2.05, 4.69) is 5.32 Å². The Morgan fingerprint density at radius 3 is 2.61 bits per heavy atom. The van der Waals surface area contributed by atoms with E-state index in [0.29, 0.717) is 0 Å². The van der Waals surface area contributed by atoms with E-state index in [9.17, 15) is 4.79 Å². The highest BCUT2D eigenvalue weighted by Crippen LogP contribution is 2.41. The Hall–Kier alpha value is -1.55. The summed E-state index contributed by atoms with van der Waals surface area (Å²) in [5.74, 6) is 0.720. The van der Waals surface area contributed by atoms with Crippen LogP contribution < -0.4 is 15.8 Å². The Balaban J connectivity index is 2.39. The average Bonchev–Trinajstić information content (AvgIpc) is 2.76. The van der Waals surface area contributed by atoms with Crippen molar-refractivity contribution in [1.82, 2.24) is 0 Å². The van der Waals surface area contributed by atoms with E-state index in [0.717, 1.165) is 42.7 Å². The Morgan fingerprint density at radius 1 is 1.39 bits per heavy atom. The van der Waals surface area contributed by atoms with Crippen LogP contribution in [0, 0.1) is 0 Å². The van der Waals surface area contributed by atoms with Crippen molar-refractivity contribution in [1.29, 1.82) is 0 Å². The number of carbonyl (C=O) groups excluding carboxylic acids is 1. The predicted molar refractivity (Wildman–Crippen MR) is 71.6 cm³/mol. The first-order valence-electron chi connectivity index (χ1n) is 6.30. The van der Waals surface area contributed by atoms with Gasteiger partial charge < -0.3 is 15.8 Å². The summed E-state index contributed by atoms with van der Waals surface area (Å²) in [4.78, 5) is 11.1. The second kappa shape index (κ2) is 4.98. The van der Waals surface area contributed by atoms with Crippen LogP contribution in [-0.4, -0.2) is 13.0 Å². The number of anilines is 1. The lowest BCUT2D eigenvalue weighted by Crippen LogP contribution is -2.33. The molecule has 0 aromatic heterocycles. The van der Waals surface area contributed by atoms with Gasteiger partial charge in [0.1, 0.15) is 5.75 Å². The minimum atomic E-state index is -0.320. The van der Waals surface area contributed by atoms with Crippen LogP contribution in [0.25, 0.3) is 0 Å². The van der Waals surface area contributed by atoms with Gasteiger partial charge >= 0.3 is 0 Å². The summed E-state index contributed by atoms with van der Waals surface area (Å²) in [6, 6.07) is 5.64. The van der Waals surface area contributed by atoms with E-state index in [-0.39, 0.29) is 11.4 Å². The maximum absolute atomic E-state index is 11.1. The molecule has 98 valence electrons. The third kappa shape index (κ3) is 2.48. The van der Waals surface area contributed by atoms with Crippen molar-refractivity contribution in [2.24, 2.45) is 5.73 Å². The Labute approximate surface area is 108 Å². The molecule has 4 heteroatoms. The third-order valence-corrected chi connectivity index (χ3v) is 3.55. The summed E-state index contributed by atoms with van der Waals surface area (Å²) < 4.78 is 5.39. The number of hydrogen-bond acceptors (Lipinski definition) is 3. The number of methoxy groups -OCH3 is 1. The minimum absolute atomic E-state index is 0.0800. The molecule has 4 nitrogen and oxygen atoms in total. The zero-order valence-corrected chi connectivity index (χ0v) is 11.0. The number of benzene rings is 1. The summed E-state index contributed by atoms with van der Waals surface area (Å²) in [5, 5.41) is 2.79. The molecule has 3 N–H and O–H groups in total. The topological polar surface area (TPSA) is 64.3 Å². The maximum Gasteiger partial charge on any atom is 0.221 e. The lowest BCUT2D eigenvalue weighted by Gasteiger charge is -2.26. The molecule has 1 aliphatic carbocycles. The van der Waals surface area contributed by atoms with Crippen molar-refractivity contribution in [2.45, 2.75) is 38.1 Å². The van der Waals surface area contributed by atoms with Crippen molar-refractivity contribution in [2.75, 3.05) is 12.4 Å². The molecule has 2 rings (SSSR count). The molecule has 0 unspecified atom stereocenters. The number of carbonyl (C=O) groups is 1. The Bertz CT molecular complexity index is 451. The lowest BCUT2D eigenvalue weighted by atomic mass is 9.88. The summed E-state index contributed by atoms with van der Waals surface area (Å²) in [7, 11) is 1.65. The van der Waals surface area contributed by atoms with Crippen LogP contribution in [0.3, 0.4) is 0 Å².